The van der Waals surface area contributed by atoms with Gasteiger partial charge < -0.3 is 10.1 Å². The lowest BCUT2D eigenvalue weighted by Gasteiger charge is -2.05. The van der Waals surface area contributed by atoms with Crippen molar-refractivity contribution in [1.82, 2.24) is 10.3 Å². The Morgan fingerprint density at radius 2 is 2.08 bits per heavy atom. The van der Waals surface area contributed by atoms with Crippen molar-refractivity contribution in [3.05, 3.63) is 71.0 Å². The molecule has 0 bridgehead atoms. The molecule has 0 unspecified atom stereocenters. The molecule has 6 heteroatoms. The molecule has 2 aromatic carbocycles. The number of thiazole rings is 1. The van der Waals surface area contributed by atoms with Crippen LogP contribution < -0.4 is 10.1 Å². The molecule has 1 aromatic heterocycles. The van der Waals surface area contributed by atoms with E-state index in [1.807, 2.05) is 29.6 Å². The number of amides is 1. The summed E-state index contributed by atoms with van der Waals surface area (Å²) in [6, 6.07) is 13.4. The van der Waals surface area contributed by atoms with Gasteiger partial charge in [0.15, 0.2) is 0 Å². The Morgan fingerprint density at radius 3 is 2.88 bits per heavy atom. The van der Waals surface area contributed by atoms with Crippen LogP contribution in [0.1, 0.15) is 16.1 Å². The first-order valence-electron chi connectivity index (χ1n) is 7.79. The molecule has 128 valence electrons. The van der Waals surface area contributed by atoms with E-state index < -0.39 is 5.82 Å². The summed E-state index contributed by atoms with van der Waals surface area (Å²) in [5.74, 6) is 0.0658. The van der Waals surface area contributed by atoms with E-state index >= 15 is 0 Å². The van der Waals surface area contributed by atoms with Crippen LogP contribution in [0.4, 0.5) is 4.39 Å². The zero-order chi connectivity index (χ0) is 17.6. The minimum Gasteiger partial charge on any atom is -0.496 e. The summed E-state index contributed by atoms with van der Waals surface area (Å²) < 4.78 is 18.5. The summed E-state index contributed by atoms with van der Waals surface area (Å²) in [6.07, 6.45) is 0.604. The van der Waals surface area contributed by atoms with E-state index in [9.17, 15) is 9.18 Å². The van der Waals surface area contributed by atoms with E-state index in [1.54, 1.807) is 13.2 Å². The molecule has 0 aliphatic carbocycles. The minimum absolute atomic E-state index is 0.292. The number of hydrogen-bond donors (Lipinski definition) is 1. The first-order valence-corrected chi connectivity index (χ1v) is 8.67. The van der Waals surface area contributed by atoms with Crippen LogP contribution in [0, 0.1) is 5.82 Å². The van der Waals surface area contributed by atoms with Gasteiger partial charge in [-0.25, -0.2) is 9.37 Å². The summed E-state index contributed by atoms with van der Waals surface area (Å²) >= 11 is 1.54. The molecule has 0 saturated carbocycles. The maximum atomic E-state index is 13.1. The molecule has 1 heterocycles. The smallest absolute Gasteiger partial charge is 0.251 e. The molecular formula is C19H17FN2O2S. The molecule has 1 N–H and O–H groups in total. The second-order valence-corrected chi connectivity index (χ2v) is 6.22. The van der Waals surface area contributed by atoms with Crippen molar-refractivity contribution in [2.75, 3.05) is 13.7 Å². The van der Waals surface area contributed by atoms with E-state index in [4.69, 9.17) is 4.74 Å². The standard InChI is InChI=1S/C19H17FN2O2S/c1-24-17-8-3-2-7-16(17)19-22-15(12-25-19)9-10-21-18(23)13-5-4-6-14(20)11-13/h2-8,11-12H,9-10H2,1H3,(H,21,23). The molecule has 0 fully saturated rings. The number of nitrogens with zero attached hydrogens (tertiary/aromatic N) is 1. The predicted molar refractivity (Wildman–Crippen MR) is 96.5 cm³/mol. The number of benzene rings is 2. The Kier molecular flexibility index (Phi) is 5.40. The number of aromatic nitrogens is 1. The van der Waals surface area contributed by atoms with Gasteiger partial charge >= 0.3 is 0 Å². The van der Waals surface area contributed by atoms with Gasteiger partial charge in [0.2, 0.25) is 0 Å². The SMILES string of the molecule is COc1ccccc1-c1nc(CCNC(=O)c2cccc(F)c2)cs1. The van der Waals surface area contributed by atoms with Crippen LogP contribution in [-0.4, -0.2) is 24.5 Å². The van der Waals surface area contributed by atoms with Crippen LogP contribution in [0.25, 0.3) is 10.6 Å². The second-order valence-electron chi connectivity index (χ2n) is 5.36. The maximum absolute atomic E-state index is 13.1. The Bertz CT molecular complexity index is 879. The highest BCUT2D eigenvalue weighted by Crippen LogP contribution is 2.31. The van der Waals surface area contributed by atoms with Crippen LogP contribution in [0.5, 0.6) is 5.75 Å². The molecule has 1 amide bonds. The number of carbonyl (C=O) groups excluding carboxylic acids is 1. The molecule has 0 atom stereocenters. The average Bonchev–Trinajstić information content (AvgIpc) is 3.10. The fraction of sp³-hybridized carbons (Fsp3) is 0.158. The summed E-state index contributed by atoms with van der Waals surface area (Å²) in [5, 5.41) is 5.63. The van der Waals surface area contributed by atoms with Crippen molar-refractivity contribution in [3.8, 4) is 16.3 Å². The molecule has 25 heavy (non-hydrogen) atoms. The second kappa shape index (κ2) is 7.90. The Labute approximate surface area is 149 Å². The number of para-hydroxylation sites is 1. The average molecular weight is 356 g/mol. The van der Waals surface area contributed by atoms with Crippen LogP contribution in [-0.2, 0) is 6.42 Å². The summed E-state index contributed by atoms with van der Waals surface area (Å²) in [6.45, 7) is 0.435. The molecule has 3 aromatic rings. The lowest BCUT2D eigenvalue weighted by molar-refractivity contribution is 0.0953. The van der Waals surface area contributed by atoms with Crippen LogP contribution >= 0.6 is 11.3 Å². The third kappa shape index (κ3) is 4.22. The van der Waals surface area contributed by atoms with E-state index in [0.29, 0.717) is 18.5 Å². The minimum atomic E-state index is -0.423. The van der Waals surface area contributed by atoms with Crippen molar-refractivity contribution in [2.24, 2.45) is 0 Å². The van der Waals surface area contributed by atoms with Crippen LogP contribution in [0.2, 0.25) is 0 Å². The van der Waals surface area contributed by atoms with Crippen LogP contribution in [0.15, 0.2) is 53.9 Å². The van der Waals surface area contributed by atoms with Gasteiger partial charge in [-0.05, 0) is 30.3 Å². The molecule has 3 rings (SSSR count). The van der Waals surface area contributed by atoms with E-state index in [2.05, 4.69) is 10.3 Å². The van der Waals surface area contributed by atoms with Gasteiger partial charge in [-0.2, -0.15) is 0 Å². The topological polar surface area (TPSA) is 51.2 Å². The Hall–Kier alpha value is -2.73. The summed E-state index contributed by atoms with van der Waals surface area (Å²) in [5.41, 5.74) is 2.16. The first-order chi connectivity index (χ1) is 12.2. The Morgan fingerprint density at radius 1 is 1.24 bits per heavy atom. The van der Waals surface area contributed by atoms with Crippen molar-refractivity contribution in [2.45, 2.75) is 6.42 Å². The van der Waals surface area contributed by atoms with Gasteiger partial charge in [-0.15, -0.1) is 11.3 Å². The number of hydrogen-bond acceptors (Lipinski definition) is 4. The number of nitrogens with one attached hydrogen (secondary N) is 1. The van der Waals surface area contributed by atoms with Gasteiger partial charge in [0.25, 0.3) is 5.91 Å². The fourth-order valence-corrected chi connectivity index (χ4v) is 3.29. The summed E-state index contributed by atoms with van der Waals surface area (Å²) in [4.78, 5) is 16.6. The third-order valence-electron chi connectivity index (χ3n) is 3.64. The lowest BCUT2D eigenvalue weighted by atomic mass is 10.2. The van der Waals surface area contributed by atoms with E-state index in [0.717, 1.165) is 22.0 Å². The van der Waals surface area contributed by atoms with E-state index in [-0.39, 0.29) is 5.91 Å². The number of carbonyl (C=O) groups is 1. The fourth-order valence-electron chi connectivity index (χ4n) is 2.40. The highest BCUT2D eigenvalue weighted by Gasteiger charge is 2.10. The van der Waals surface area contributed by atoms with E-state index in [1.165, 1.54) is 29.5 Å². The van der Waals surface area contributed by atoms with Gasteiger partial charge in [0.05, 0.1) is 18.4 Å². The first kappa shape index (κ1) is 17.1. The maximum Gasteiger partial charge on any atom is 0.251 e. The van der Waals surface area contributed by atoms with Crippen molar-refractivity contribution in [3.63, 3.8) is 0 Å². The number of halogens is 1. The molecule has 4 nitrogen and oxygen atoms in total. The largest absolute Gasteiger partial charge is 0.496 e. The molecule has 0 radical (unpaired) electrons. The molecule has 0 aliphatic heterocycles. The number of methoxy groups -OCH3 is 1. The molecule has 0 saturated heterocycles. The van der Waals surface area contributed by atoms with Gasteiger partial charge in [-0.1, -0.05) is 18.2 Å². The van der Waals surface area contributed by atoms with Crippen LogP contribution in [0.3, 0.4) is 0 Å². The normalized spacial score (nSPS) is 10.5. The monoisotopic (exact) mass is 356 g/mol. The van der Waals surface area contributed by atoms with Gasteiger partial charge in [0, 0.05) is 23.9 Å². The summed E-state index contributed by atoms with van der Waals surface area (Å²) in [7, 11) is 1.63. The molecular weight excluding hydrogens is 339 g/mol. The van der Waals surface area contributed by atoms with Crippen molar-refractivity contribution in [1.29, 1.82) is 0 Å². The zero-order valence-electron chi connectivity index (χ0n) is 13.7. The highest BCUT2D eigenvalue weighted by molar-refractivity contribution is 7.13. The Balaban J connectivity index is 1.60. The zero-order valence-corrected chi connectivity index (χ0v) is 14.5. The third-order valence-corrected chi connectivity index (χ3v) is 4.57. The van der Waals surface area contributed by atoms with Crippen molar-refractivity contribution < 1.29 is 13.9 Å². The van der Waals surface area contributed by atoms with Gasteiger partial charge in [-0.3, -0.25) is 4.79 Å². The highest BCUT2D eigenvalue weighted by atomic mass is 32.1. The van der Waals surface area contributed by atoms with Gasteiger partial charge in [0.1, 0.15) is 16.6 Å². The predicted octanol–water partition coefficient (Wildman–Crippen LogP) is 3.93. The quantitative estimate of drug-likeness (QED) is 0.728. The molecule has 0 aliphatic rings. The molecule has 0 spiro atoms. The number of ether oxygens (including phenoxy) is 1. The lowest BCUT2D eigenvalue weighted by Crippen LogP contribution is -2.25. The number of rotatable bonds is 6. The van der Waals surface area contributed by atoms with Crippen molar-refractivity contribution >= 4 is 17.2 Å².